The van der Waals surface area contributed by atoms with Crippen LogP contribution in [0.1, 0.15) is 17.0 Å². The van der Waals surface area contributed by atoms with Crippen LogP contribution in [0.3, 0.4) is 0 Å². The van der Waals surface area contributed by atoms with E-state index >= 15 is 0 Å². The molecule has 0 unspecified atom stereocenters. The van der Waals surface area contributed by atoms with Gasteiger partial charge in [-0.1, -0.05) is 17.4 Å². The molecular weight excluding hydrogens is 234 g/mol. The van der Waals surface area contributed by atoms with Crippen LogP contribution in [-0.2, 0) is 6.54 Å². The largest absolute Gasteiger partial charge is 0.389 e. The molecule has 2 rings (SSSR count). The highest BCUT2D eigenvalue weighted by Gasteiger charge is 2.01. The number of aryl methyl sites for hydroxylation is 1. The molecule has 2 aromatic rings. The molecule has 0 saturated heterocycles. The lowest BCUT2D eigenvalue weighted by atomic mass is 10.2. The fraction of sp³-hybridized carbons (Fsp3) is 0.167. The predicted molar refractivity (Wildman–Crippen MR) is 70.9 cm³/mol. The molecule has 4 nitrogen and oxygen atoms in total. The molecule has 0 atom stereocenters. The highest BCUT2D eigenvalue weighted by Crippen LogP contribution is 2.11. The van der Waals surface area contributed by atoms with Crippen molar-refractivity contribution in [3.8, 4) is 0 Å². The number of hydrogen-bond donors (Lipinski definition) is 2. The molecule has 0 fully saturated rings. The van der Waals surface area contributed by atoms with Gasteiger partial charge in [0.25, 0.3) is 0 Å². The molecule has 0 amide bonds. The normalized spacial score (nSPS) is 10.2. The maximum Gasteiger partial charge on any atom is 0.156 e. The fourth-order valence-corrected chi connectivity index (χ4v) is 1.58. The Kier molecular flexibility index (Phi) is 3.39. The first-order valence-corrected chi connectivity index (χ1v) is 5.62. The molecular formula is C12H13N3OS. The average Bonchev–Trinajstić information content (AvgIpc) is 2.73. The topological polar surface area (TPSA) is 64.1 Å². The van der Waals surface area contributed by atoms with Crippen molar-refractivity contribution in [3.63, 3.8) is 0 Å². The van der Waals surface area contributed by atoms with Crippen molar-refractivity contribution in [2.45, 2.75) is 13.5 Å². The summed E-state index contributed by atoms with van der Waals surface area (Å²) in [5.74, 6) is 0.806. The van der Waals surface area contributed by atoms with Gasteiger partial charge in [-0.15, -0.1) is 0 Å². The first-order valence-electron chi connectivity index (χ1n) is 5.21. The molecule has 1 aromatic carbocycles. The summed E-state index contributed by atoms with van der Waals surface area (Å²) in [6, 6.07) is 9.53. The van der Waals surface area contributed by atoms with Crippen molar-refractivity contribution in [2.75, 3.05) is 5.32 Å². The van der Waals surface area contributed by atoms with Gasteiger partial charge in [-0.25, -0.2) is 0 Å². The maximum atomic E-state index is 5.52. The Hall–Kier alpha value is -1.88. The van der Waals surface area contributed by atoms with Crippen molar-refractivity contribution >= 4 is 22.9 Å². The van der Waals surface area contributed by atoms with Crippen LogP contribution in [0, 0.1) is 6.92 Å². The van der Waals surface area contributed by atoms with Crippen LogP contribution in [0.25, 0.3) is 0 Å². The summed E-state index contributed by atoms with van der Waals surface area (Å²) in [4.78, 5) is 0.405. The molecule has 1 heterocycles. The van der Waals surface area contributed by atoms with Crippen LogP contribution in [0.15, 0.2) is 34.9 Å². The second-order valence-electron chi connectivity index (χ2n) is 3.73. The molecule has 0 spiro atoms. The van der Waals surface area contributed by atoms with Crippen molar-refractivity contribution in [1.82, 2.24) is 5.16 Å². The summed E-state index contributed by atoms with van der Waals surface area (Å²) in [5, 5.41) is 7.04. The van der Waals surface area contributed by atoms with Crippen molar-refractivity contribution in [1.29, 1.82) is 0 Å². The number of anilines is 1. The molecule has 0 aliphatic carbocycles. The Balaban J connectivity index is 1.97. The molecule has 17 heavy (non-hydrogen) atoms. The summed E-state index contributed by atoms with van der Waals surface area (Å²) in [6.45, 7) is 2.50. The van der Waals surface area contributed by atoms with Gasteiger partial charge in [0.1, 0.15) is 4.99 Å². The van der Waals surface area contributed by atoms with Gasteiger partial charge in [0, 0.05) is 17.3 Å². The Morgan fingerprint density at radius 3 is 2.65 bits per heavy atom. The monoisotopic (exact) mass is 247 g/mol. The van der Waals surface area contributed by atoms with E-state index in [1.54, 1.807) is 0 Å². The summed E-state index contributed by atoms with van der Waals surface area (Å²) < 4.78 is 5.09. The third kappa shape index (κ3) is 3.04. The van der Waals surface area contributed by atoms with E-state index in [1.807, 2.05) is 37.3 Å². The molecule has 0 aliphatic rings. The second kappa shape index (κ2) is 4.97. The van der Waals surface area contributed by atoms with Crippen LogP contribution >= 0.6 is 12.2 Å². The molecule has 0 radical (unpaired) electrons. The van der Waals surface area contributed by atoms with Gasteiger partial charge in [0.15, 0.2) is 5.76 Å². The smallest absolute Gasteiger partial charge is 0.156 e. The molecule has 0 aliphatic heterocycles. The van der Waals surface area contributed by atoms with E-state index in [-0.39, 0.29) is 0 Å². The molecule has 0 bridgehead atoms. The minimum Gasteiger partial charge on any atom is -0.389 e. The number of nitrogens with one attached hydrogen (secondary N) is 1. The molecule has 1 aromatic heterocycles. The summed E-state index contributed by atoms with van der Waals surface area (Å²) in [6.07, 6.45) is 0. The minimum absolute atomic E-state index is 0.405. The zero-order chi connectivity index (χ0) is 12.3. The van der Waals surface area contributed by atoms with Crippen molar-refractivity contribution in [3.05, 3.63) is 47.3 Å². The number of nitrogens with two attached hydrogens (primary N) is 1. The van der Waals surface area contributed by atoms with E-state index in [0.29, 0.717) is 11.5 Å². The van der Waals surface area contributed by atoms with E-state index < -0.39 is 0 Å². The van der Waals surface area contributed by atoms with Crippen molar-refractivity contribution in [2.24, 2.45) is 5.73 Å². The van der Waals surface area contributed by atoms with Gasteiger partial charge >= 0.3 is 0 Å². The fourth-order valence-electron chi connectivity index (χ4n) is 1.44. The average molecular weight is 247 g/mol. The highest BCUT2D eigenvalue weighted by atomic mass is 32.1. The third-order valence-corrected chi connectivity index (χ3v) is 2.55. The van der Waals surface area contributed by atoms with E-state index in [1.165, 1.54) is 0 Å². The number of hydrogen-bond acceptors (Lipinski definition) is 4. The van der Waals surface area contributed by atoms with Crippen LogP contribution in [0.4, 0.5) is 5.69 Å². The lowest BCUT2D eigenvalue weighted by Crippen LogP contribution is -2.09. The van der Waals surface area contributed by atoms with Gasteiger partial charge in [-0.3, -0.25) is 0 Å². The van der Waals surface area contributed by atoms with Crippen LogP contribution < -0.4 is 11.1 Å². The molecule has 5 heteroatoms. The number of benzene rings is 1. The molecule has 88 valence electrons. The van der Waals surface area contributed by atoms with Crippen LogP contribution in [0.5, 0.6) is 0 Å². The summed E-state index contributed by atoms with van der Waals surface area (Å²) in [7, 11) is 0. The van der Waals surface area contributed by atoms with Gasteiger partial charge < -0.3 is 15.6 Å². The molecule has 3 N–H and O–H groups in total. The zero-order valence-corrected chi connectivity index (χ0v) is 10.3. The van der Waals surface area contributed by atoms with Gasteiger partial charge in [0.05, 0.1) is 12.2 Å². The van der Waals surface area contributed by atoms with Gasteiger partial charge in [-0.2, -0.15) is 0 Å². The molecule has 0 saturated carbocycles. The lowest BCUT2D eigenvalue weighted by molar-refractivity contribution is 0.384. The Bertz CT molecular complexity index is 519. The number of rotatable bonds is 4. The van der Waals surface area contributed by atoms with E-state index in [4.69, 9.17) is 22.5 Å². The minimum atomic E-state index is 0.405. The summed E-state index contributed by atoms with van der Waals surface area (Å²) >= 11 is 4.88. The number of nitrogens with zero attached hydrogens (tertiary/aromatic N) is 1. The van der Waals surface area contributed by atoms with Gasteiger partial charge in [0.2, 0.25) is 0 Å². The van der Waals surface area contributed by atoms with Crippen LogP contribution in [-0.4, -0.2) is 10.1 Å². The van der Waals surface area contributed by atoms with E-state index in [9.17, 15) is 0 Å². The first kappa shape index (κ1) is 11.6. The standard InChI is InChI=1S/C12H13N3OS/c1-8-6-11(16-15-8)7-14-10-4-2-9(3-5-10)12(13)17/h2-6,14H,7H2,1H3,(H2,13,17). The Morgan fingerprint density at radius 1 is 1.41 bits per heavy atom. The second-order valence-corrected chi connectivity index (χ2v) is 4.17. The SMILES string of the molecule is Cc1cc(CNc2ccc(C(N)=S)cc2)on1. The Morgan fingerprint density at radius 2 is 2.12 bits per heavy atom. The van der Waals surface area contributed by atoms with Gasteiger partial charge in [-0.05, 0) is 31.2 Å². The van der Waals surface area contributed by atoms with E-state index in [2.05, 4.69) is 10.5 Å². The highest BCUT2D eigenvalue weighted by molar-refractivity contribution is 7.80. The Labute approximate surface area is 105 Å². The quantitative estimate of drug-likeness (QED) is 0.811. The van der Waals surface area contributed by atoms with Crippen molar-refractivity contribution < 1.29 is 4.52 Å². The third-order valence-electron chi connectivity index (χ3n) is 2.31. The maximum absolute atomic E-state index is 5.52. The summed E-state index contributed by atoms with van der Waals surface area (Å²) in [5.41, 5.74) is 8.25. The zero-order valence-electron chi connectivity index (χ0n) is 9.43. The number of thiocarbonyl (C=S) groups is 1. The predicted octanol–water partition coefficient (Wildman–Crippen LogP) is 2.23. The number of aromatic nitrogens is 1. The van der Waals surface area contributed by atoms with Crippen LogP contribution in [0.2, 0.25) is 0 Å². The lowest BCUT2D eigenvalue weighted by Gasteiger charge is -2.04. The first-order chi connectivity index (χ1) is 8.15. The van der Waals surface area contributed by atoms with E-state index in [0.717, 1.165) is 22.7 Å².